The molecular weight excluding hydrogens is 166 g/mol. The van der Waals surface area contributed by atoms with Gasteiger partial charge in [0.15, 0.2) is 0 Å². The second-order valence-corrected chi connectivity index (χ2v) is 3.36. The van der Waals surface area contributed by atoms with Crippen LogP contribution in [0.1, 0.15) is 5.56 Å². The number of nitrogen functional groups attached to an aromatic ring is 2. The van der Waals surface area contributed by atoms with Crippen molar-refractivity contribution in [2.24, 2.45) is 0 Å². The molecule has 0 saturated carbocycles. The number of phenolic OH excluding ortho intramolecular Hbond substituents is 1. The Morgan fingerprint density at radius 3 is 2.46 bits per heavy atom. The highest BCUT2D eigenvalue weighted by molar-refractivity contribution is 5.63. The van der Waals surface area contributed by atoms with Gasteiger partial charge in [-0.15, -0.1) is 0 Å². The first kappa shape index (κ1) is 9.67. The predicted octanol–water partition coefficient (Wildman–Crippen LogP) is 0.618. The highest BCUT2D eigenvalue weighted by atomic mass is 16.3. The minimum atomic E-state index is 0.128. The highest BCUT2D eigenvalue weighted by Crippen LogP contribution is 2.28. The maximum absolute atomic E-state index is 9.56. The largest absolute Gasteiger partial charge is 0.505 e. The molecule has 0 atom stereocenters. The summed E-state index contributed by atoms with van der Waals surface area (Å²) >= 11 is 0. The number of phenols is 1. The van der Waals surface area contributed by atoms with E-state index in [1.54, 1.807) is 12.1 Å². The van der Waals surface area contributed by atoms with Gasteiger partial charge < -0.3 is 21.5 Å². The van der Waals surface area contributed by atoms with Gasteiger partial charge in [0, 0.05) is 17.8 Å². The SMILES string of the molecule is CN(C)Cc1cc(N)cc(N)c1O. The van der Waals surface area contributed by atoms with Crippen LogP contribution in [0.15, 0.2) is 12.1 Å². The molecule has 0 radical (unpaired) electrons. The quantitative estimate of drug-likeness (QED) is 0.355. The normalized spacial score (nSPS) is 10.7. The van der Waals surface area contributed by atoms with E-state index >= 15 is 0 Å². The zero-order valence-corrected chi connectivity index (χ0v) is 7.91. The van der Waals surface area contributed by atoms with E-state index in [0.29, 0.717) is 17.9 Å². The molecule has 0 aliphatic rings. The molecule has 0 aromatic heterocycles. The van der Waals surface area contributed by atoms with E-state index in [2.05, 4.69) is 0 Å². The molecule has 0 saturated heterocycles. The van der Waals surface area contributed by atoms with E-state index < -0.39 is 0 Å². The molecule has 0 aliphatic heterocycles. The third-order valence-electron chi connectivity index (χ3n) is 1.73. The summed E-state index contributed by atoms with van der Waals surface area (Å²) in [5, 5.41) is 9.56. The minimum Gasteiger partial charge on any atom is -0.505 e. The van der Waals surface area contributed by atoms with Gasteiger partial charge >= 0.3 is 0 Å². The van der Waals surface area contributed by atoms with Crippen LogP contribution in [0, 0.1) is 0 Å². The third kappa shape index (κ3) is 2.26. The molecular formula is C9H15N3O. The van der Waals surface area contributed by atoms with Crippen molar-refractivity contribution in [3.63, 3.8) is 0 Å². The van der Waals surface area contributed by atoms with Crippen LogP contribution in [0.3, 0.4) is 0 Å². The van der Waals surface area contributed by atoms with Crippen molar-refractivity contribution in [2.75, 3.05) is 25.6 Å². The molecule has 0 fully saturated rings. The highest BCUT2D eigenvalue weighted by Gasteiger charge is 2.06. The molecule has 72 valence electrons. The molecule has 1 aromatic carbocycles. The summed E-state index contributed by atoms with van der Waals surface area (Å²) < 4.78 is 0. The van der Waals surface area contributed by atoms with Crippen LogP contribution >= 0.6 is 0 Å². The lowest BCUT2D eigenvalue weighted by Crippen LogP contribution is -2.11. The third-order valence-corrected chi connectivity index (χ3v) is 1.73. The van der Waals surface area contributed by atoms with Crippen molar-refractivity contribution >= 4 is 11.4 Å². The first-order valence-corrected chi connectivity index (χ1v) is 4.02. The van der Waals surface area contributed by atoms with Crippen molar-refractivity contribution in [1.29, 1.82) is 0 Å². The van der Waals surface area contributed by atoms with Crippen molar-refractivity contribution in [1.82, 2.24) is 4.90 Å². The lowest BCUT2D eigenvalue weighted by Gasteiger charge is -2.13. The van der Waals surface area contributed by atoms with E-state index in [0.717, 1.165) is 5.56 Å². The Morgan fingerprint density at radius 2 is 1.92 bits per heavy atom. The number of hydrogen-bond donors (Lipinski definition) is 3. The Balaban J connectivity index is 3.05. The minimum absolute atomic E-state index is 0.128. The molecule has 0 aliphatic carbocycles. The summed E-state index contributed by atoms with van der Waals surface area (Å²) in [6.07, 6.45) is 0. The van der Waals surface area contributed by atoms with Crippen LogP contribution < -0.4 is 11.5 Å². The number of benzene rings is 1. The molecule has 0 spiro atoms. The number of hydrogen-bond acceptors (Lipinski definition) is 4. The van der Waals surface area contributed by atoms with Gasteiger partial charge in [0.25, 0.3) is 0 Å². The Morgan fingerprint density at radius 1 is 1.31 bits per heavy atom. The van der Waals surface area contributed by atoms with Crippen molar-refractivity contribution in [2.45, 2.75) is 6.54 Å². The summed E-state index contributed by atoms with van der Waals surface area (Å²) in [5.41, 5.74) is 12.8. The average Bonchev–Trinajstić information content (AvgIpc) is 1.98. The van der Waals surface area contributed by atoms with Gasteiger partial charge in [-0.05, 0) is 26.2 Å². The number of rotatable bonds is 2. The maximum atomic E-state index is 9.56. The molecule has 0 amide bonds. The molecule has 1 aromatic rings. The molecule has 5 N–H and O–H groups in total. The molecule has 1 rings (SSSR count). The summed E-state index contributed by atoms with van der Waals surface area (Å²) in [7, 11) is 3.83. The van der Waals surface area contributed by atoms with E-state index in [4.69, 9.17) is 11.5 Å². The lowest BCUT2D eigenvalue weighted by molar-refractivity contribution is 0.386. The second-order valence-electron chi connectivity index (χ2n) is 3.36. The summed E-state index contributed by atoms with van der Waals surface area (Å²) in [6.45, 7) is 0.626. The molecule has 4 heteroatoms. The maximum Gasteiger partial charge on any atom is 0.143 e. The van der Waals surface area contributed by atoms with E-state index in [1.807, 2.05) is 19.0 Å². The fourth-order valence-corrected chi connectivity index (χ4v) is 1.21. The lowest BCUT2D eigenvalue weighted by atomic mass is 10.1. The molecule has 4 nitrogen and oxygen atoms in total. The Hall–Kier alpha value is -1.42. The predicted molar refractivity (Wildman–Crippen MR) is 54.3 cm³/mol. The van der Waals surface area contributed by atoms with E-state index in [1.165, 1.54) is 0 Å². The molecule has 0 unspecified atom stereocenters. The Kier molecular flexibility index (Phi) is 2.63. The van der Waals surface area contributed by atoms with Crippen molar-refractivity contribution in [3.8, 4) is 5.75 Å². The molecule has 0 heterocycles. The fraction of sp³-hybridized carbons (Fsp3) is 0.333. The van der Waals surface area contributed by atoms with Crippen molar-refractivity contribution in [3.05, 3.63) is 17.7 Å². The summed E-state index contributed by atoms with van der Waals surface area (Å²) in [5.74, 6) is 0.128. The number of aromatic hydroxyl groups is 1. The zero-order valence-electron chi connectivity index (χ0n) is 7.91. The van der Waals surface area contributed by atoms with E-state index in [-0.39, 0.29) is 5.75 Å². The summed E-state index contributed by atoms with van der Waals surface area (Å²) in [6, 6.07) is 3.28. The Bertz CT molecular complexity index is 310. The van der Waals surface area contributed by atoms with Crippen LogP contribution in [-0.2, 0) is 6.54 Å². The molecule has 13 heavy (non-hydrogen) atoms. The zero-order chi connectivity index (χ0) is 10.0. The average molecular weight is 181 g/mol. The number of anilines is 2. The van der Waals surface area contributed by atoms with Gasteiger partial charge in [0.1, 0.15) is 5.75 Å². The number of nitrogens with two attached hydrogens (primary N) is 2. The second kappa shape index (κ2) is 3.53. The monoisotopic (exact) mass is 181 g/mol. The van der Waals surface area contributed by atoms with E-state index in [9.17, 15) is 5.11 Å². The topological polar surface area (TPSA) is 75.5 Å². The Labute approximate surface area is 77.8 Å². The first-order valence-electron chi connectivity index (χ1n) is 4.02. The first-order chi connectivity index (χ1) is 6.00. The van der Waals surface area contributed by atoms with Gasteiger partial charge in [0.05, 0.1) is 5.69 Å². The van der Waals surface area contributed by atoms with Gasteiger partial charge in [-0.1, -0.05) is 0 Å². The van der Waals surface area contributed by atoms with Gasteiger partial charge in [-0.2, -0.15) is 0 Å². The van der Waals surface area contributed by atoms with Crippen LogP contribution in [0.2, 0.25) is 0 Å². The van der Waals surface area contributed by atoms with Crippen LogP contribution in [0.4, 0.5) is 11.4 Å². The van der Waals surface area contributed by atoms with Crippen molar-refractivity contribution < 1.29 is 5.11 Å². The molecule has 0 bridgehead atoms. The van der Waals surface area contributed by atoms with Crippen LogP contribution in [0.5, 0.6) is 5.75 Å². The van der Waals surface area contributed by atoms with Crippen LogP contribution in [-0.4, -0.2) is 24.1 Å². The van der Waals surface area contributed by atoms with Gasteiger partial charge in [-0.3, -0.25) is 0 Å². The standard InChI is InChI=1S/C9H15N3O/c1-12(2)5-6-3-7(10)4-8(11)9(6)13/h3-4,13H,5,10-11H2,1-2H3. The van der Waals surface area contributed by atoms with Crippen LogP contribution in [0.25, 0.3) is 0 Å². The van der Waals surface area contributed by atoms with Gasteiger partial charge in [0.2, 0.25) is 0 Å². The summed E-state index contributed by atoms with van der Waals surface area (Å²) in [4.78, 5) is 1.94. The smallest absolute Gasteiger partial charge is 0.143 e. The fourth-order valence-electron chi connectivity index (χ4n) is 1.21. The van der Waals surface area contributed by atoms with Gasteiger partial charge in [-0.25, -0.2) is 0 Å². The number of nitrogens with zero attached hydrogens (tertiary/aromatic N) is 1.